The number of carbonyl (C=O) groups excluding carboxylic acids is 2. The van der Waals surface area contributed by atoms with Gasteiger partial charge in [0.2, 0.25) is 5.91 Å². The van der Waals surface area contributed by atoms with Gasteiger partial charge in [-0.15, -0.1) is 0 Å². The number of aliphatic hydroxyl groups is 1. The van der Waals surface area contributed by atoms with Crippen LogP contribution >= 0.6 is 23.2 Å². The van der Waals surface area contributed by atoms with E-state index >= 15 is 0 Å². The van der Waals surface area contributed by atoms with Crippen molar-refractivity contribution in [2.45, 2.75) is 18.6 Å². The van der Waals surface area contributed by atoms with E-state index in [1.165, 1.54) is 19.2 Å². The number of carbonyl (C=O) groups is 2. The molecule has 2 rings (SSSR count). The third kappa shape index (κ3) is 4.49. The Hall–Kier alpha value is -1.77. The number of aliphatic hydroxyl groups excluding tert-OH is 1. The lowest BCUT2D eigenvalue weighted by Gasteiger charge is -2.23. The number of urea groups is 1. The van der Waals surface area contributed by atoms with Gasteiger partial charge in [-0.3, -0.25) is 4.79 Å². The molecule has 0 saturated carbocycles. The minimum atomic E-state index is -1.56. The lowest BCUT2D eigenvalue weighted by atomic mass is 9.97. The van der Waals surface area contributed by atoms with Gasteiger partial charge in [-0.2, -0.15) is 0 Å². The second-order valence-electron chi connectivity index (χ2n) is 6.02. The normalized spacial score (nSPS) is 19.5. The third-order valence-corrected chi connectivity index (χ3v) is 5.00. The fourth-order valence-electron chi connectivity index (χ4n) is 2.86. The molecule has 1 fully saturated rings. The molecule has 3 N–H and O–H groups in total. The molecule has 2 atom stereocenters. The SMILES string of the molecule is CN(CC(=O)N1C[C@@H](c2c(O)ccc(Cl)c2Cl)C[C@H]1F)C(=O)NCCO. The first-order valence-corrected chi connectivity index (χ1v) is 8.72. The fourth-order valence-corrected chi connectivity index (χ4v) is 3.34. The quantitative estimate of drug-likeness (QED) is 0.650. The molecule has 0 unspecified atom stereocenters. The van der Waals surface area contributed by atoms with Crippen molar-refractivity contribution in [3.05, 3.63) is 27.7 Å². The molecule has 1 aliphatic heterocycles. The zero-order chi connectivity index (χ0) is 19.4. The minimum absolute atomic E-state index is 0.0136. The van der Waals surface area contributed by atoms with Crippen LogP contribution in [0.3, 0.4) is 0 Å². The van der Waals surface area contributed by atoms with Gasteiger partial charge in [-0.05, 0) is 12.1 Å². The smallest absolute Gasteiger partial charge is 0.317 e. The van der Waals surface area contributed by atoms with Crippen molar-refractivity contribution in [2.75, 3.05) is 33.3 Å². The first kappa shape index (κ1) is 20.5. The number of hydrogen-bond acceptors (Lipinski definition) is 4. The lowest BCUT2D eigenvalue weighted by molar-refractivity contribution is -0.135. The number of likely N-dealkylation sites (tertiary alicyclic amines) is 1. The van der Waals surface area contributed by atoms with Gasteiger partial charge in [0.1, 0.15) is 12.3 Å². The summed E-state index contributed by atoms with van der Waals surface area (Å²) in [5.41, 5.74) is 0.311. The second-order valence-corrected chi connectivity index (χ2v) is 6.80. The molecule has 1 heterocycles. The number of phenols is 1. The predicted octanol–water partition coefficient (Wildman–Crippen LogP) is 1.94. The van der Waals surface area contributed by atoms with E-state index < -0.39 is 24.2 Å². The van der Waals surface area contributed by atoms with Gasteiger partial charge in [0.05, 0.1) is 16.7 Å². The fraction of sp³-hybridized carbons (Fsp3) is 0.500. The summed E-state index contributed by atoms with van der Waals surface area (Å²) < 4.78 is 14.4. The highest BCUT2D eigenvalue weighted by Gasteiger charge is 2.38. The van der Waals surface area contributed by atoms with Crippen molar-refractivity contribution in [2.24, 2.45) is 0 Å². The standard InChI is InChI=1S/C16H20Cl2FN3O4/c1-21(16(26)20-4-5-23)8-13(25)22-7-9(6-12(22)19)14-11(24)3-2-10(17)15(14)18/h2-3,9,12,23-24H,4-8H2,1H3,(H,20,26)/t9-,12-/m0/s1. The molecule has 1 aromatic rings. The Labute approximate surface area is 160 Å². The van der Waals surface area contributed by atoms with Gasteiger partial charge in [0.15, 0.2) is 6.30 Å². The van der Waals surface area contributed by atoms with E-state index in [1.807, 2.05) is 0 Å². The molecule has 3 amide bonds. The largest absolute Gasteiger partial charge is 0.508 e. The first-order chi connectivity index (χ1) is 12.3. The molecule has 0 aliphatic carbocycles. The number of alkyl halides is 1. The van der Waals surface area contributed by atoms with Crippen LogP contribution in [0.5, 0.6) is 5.75 Å². The van der Waals surface area contributed by atoms with Crippen molar-refractivity contribution in [3.8, 4) is 5.75 Å². The van der Waals surface area contributed by atoms with E-state index in [2.05, 4.69) is 5.32 Å². The maximum atomic E-state index is 14.4. The van der Waals surface area contributed by atoms with Gasteiger partial charge >= 0.3 is 6.03 Å². The van der Waals surface area contributed by atoms with Crippen molar-refractivity contribution in [3.63, 3.8) is 0 Å². The predicted molar refractivity (Wildman–Crippen MR) is 95.2 cm³/mol. The van der Waals surface area contributed by atoms with Crippen LogP contribution in [0.1, 0.15) is 17.9 Å². The molecular formula is C16H20Cl2FN3O4. The van der Waals surface area contributed by atoms with E-state index in [0.717, 1.165) is 9.80 Å². The number of phenolic OH excluding ortho intramolecular Hbond substituents is 1. The van der Waals surface area contributed by atoms with Crippen molar-refractivity contribution in [1.29, 1.82) is 0 Å². The van der Waals surface area contributed by atoms with E-state index in [4.69, 9.17) is 28.3 Å². The number of nitrogens with one attached hydrogen (secondary N) is 1. The number of halogens is 3. The van der Waals surface area contributed by atoms with Gasteiger partial charge in [-0.25, -0.2) is 9.18 Å². The molecule has 26 heavy (non-hydrogen) atoms. The van der Waals surface area contributed by atoms with Gasteiger partial charge < -0.3 is 25.3 Å². The van der Waals surface area contributed by atoms with E-state index in [0.29, 0.717) is 5.56 Å². The maximum absolute atomic E-state index is 14.4. The van der Waals surface area contributed by atoms with Crippen molar-refractivity contribution >= 4 is 35.1 Å². The Morgan fingerprint density at radius 3 is 2.77 bits per heavy atom. The highest BCUT2D eigenvalue weighted by atomic mass is 35.5. The Bertz CT molecular complexity index is 692. The van der Waals surface area contributed by atoms with Crippen LogP contribution in [0.2, 0.25) is 10.0 Å². The number of rotatable bonds is 5. The Morgan fingerprint density at radius 2 is 2.12 bits per heavy atom. The van der Waals surface area contributed by atoms with Crippen LogP contribution in [-0.2, 0) is 4.79 Å². The van der Waals surface area contributed by atoms with Gasteiger partial charge in [0, 0.05) is 38.0 Å². The number of amides is 3. The summed E-state index contributed by atoms with van der Waals surface area (Å²) in [7, 11) is 1.39. The zero-order valence-corrected chi connectivity index (χ0v) is 15.6. The topological polar surface area (TPSA) is 93.1 Å². The monoisotopic (exact) mass is 407 g/mol. The zero-order valence-electron chi connectivity index (χ0n) is 14.1. The highest BCUT2D eigenvalue weighted by Crippen LogP contribution is 2.43. The molecule has 0 spiro atoms. The summed E-state index contributed by atoms with van der Waals surface area (Å²) in [4.78, 5) is 26.2. The number of aromatic hydroxyl groups is 1. The first-order valence-electron chi connectivity index (χ1n) is 7.96. The van der Waals surface area contributed by atoms with Crippen LogP contribution in [0.4, 0.5) is 9.18 Å². The van der Waals surface area contributed by atoms with E-state index in [9.17, 15) is 19.1 Å². The summed E-state index contributed by atoms with van der Waals surface area (Å²) in [6.07, 6.45) is -1.59. The summed E-state index contributed by atoms with van der Waals surface area (Å²) >= 11 is 12.1. The molecule has 10 heteroatoms. The van der Waals surface area contributed by atoms with E-state index in [1.54, 1.807) is 0 Å². The summed E-state index contributed by atoms with van der Waals surface area (Å²) in [6, 6.07) is 2.27. The maximum Gasteiger partial charge on any atom is 0.317 e. The average molecular weight is 408 g/mol. The Morgan fingerprint density at radius 1 is 1.42 bits per heavy atom. The third-order valence-electron chi connectivity index (χ3n) is 4.18. The van der Waals surface area contributed by atoms with Crippen LogP contribution < -0.4 is 5.32 Å². The molecule has 0 aromatic heterocycles. The molecule has 1 saturated heterocycles. The molecule has 1 aliphatic rings. The molecule has 0 radical (unpaired) electrons. The molecule has 0 bridgehead atoms. The van der Waals surface area contributed by atoms with Crippen LogP contribution in [-0.4, -0.2) is 71.5 Å². The van der Waals surface area contributed by atoms with Gasteiger partial charge in [0.25, 0.3) is 0 Å². The lowest BCUT2D eigenvalue weighted by Crippen LogP contribution is -2.46. The van der Waals surface area contributed by atoms with E-state index in [-0.39, 0.29) is 48.5 Å². The average Bonchev–Trinajstić information content (AvgIpc) is 2.97. The highest BCUT2D eigenvalue weighted by molar-refractivity contribution is 6.42. The molecule has 7 nitrogen and oxygen atoms in total. The summed E-state index contributed by atoms with van der Waals surface area (Å²) in [5.74, 6) is -1.18. The number of hydrogen-bond donors (Lipinski definition) is 3. The molecule has 144 valence electrons. The number of benzene rings is 1. The molecular weight excluding hydrogens is 388 g/mol. The van der Waals surface area contributed by atoms with Crippen molar-refractivity contribution in [1.82, 2.24) is 15.1 Å². The summed E-state index contributed by atoms with van der Waals surface area (Å²) in [6.45, 7) is -0.474. The molecule has 1 aromatic carbocycles. The van der Waals surface area contributed by atoms with Crippen LogP contribution in [0.25, 0.3) is 0 Å². The minimum Gasteiger partial charge on any atom is -0.508 e. The summed E-state index contributed by atoms with van der Waals surface area (Å²) in [5, 5.41) is 21.5. The number of likely N-dealkylation sites (N-methyl/N-ethyl adjacent to an activating group) is 1. The number of nitrogens with zero attached hydrogens (tertiary/aromatic N) is 2. The Kier molecular flexibility index (Phi) is 6.91. The van der Waals surface area contributed by atoms with Gasteiger partial charge in [-0.1, -0.05) is 23.2 Å². The van der Waals surface area contributed by atoms with Crippen molar-refractivity contribution < 1.29 is 24.2 Å². The van der Waals surface area contributed by atoms with Crippen LogP contribution in [0, 0.1) is 0 Å². The van der Waals surface area contributed by atoms with Crippen LogP contribution in [0.15, 0.2) is 12.1 Å². The Balaban J connectivity index is 2.06. The second kappa shape index (κ2) is 8.75.